The number of carbonyl (C=O) groups excluding carboxylic acids is 3. The normalized spacial score (nSPS) is 24.1. The fourth-order valence-corrected chi connectivity index (χ4v) is 5.43. The zero-order valence-corrected chi connectivity index (χ0v) is 16.8. The molecule has 0 aliphatic carbocycles. The van der Waals surface area contributed by atoms with Crippen molar-refractivity contribution in [2.75, 3.05) is 31.2 Å². The van der Waals surface area contributed by atoms with Crippen molar-refractivity contribution in [3.05, 3.63) is 35.4 Å². The molecule has 2 fully saturated rings. The van der Waals surface area contributed by atoms with Gasteiger partial charge in [-0.2, -0.15) is 11.8 Å². The van der Waals surface area contributed by atoms with Gasteiger partial charge in [-0.15, -0.1) is 0 Å². The average Bonchev–Trinajstić information content (AvgIpc) is 3.45. The van der Waals surface area contributed by atoms with Crippen LogP contribution in [0.1, 0.15) is 52.8 Å². The number of imide groups is 1. The molecule has 0 spiro atoms. The monoisotopic (exact) mass is 402 g/mol. The first-order valence-electron chi connectivity index (χ1n) is 10.1. The first kappa shape index (κ1) is 19.5. The number of benzene rings is 1. The molecule has 1 aromatic rings. The Hall–Kier alpha value is -1.86. The van der Waals surface area contributed by atoms with Gasteiger partial charge in [-0.3, -0.25) is 19.3 Å². The third-order valence-corrected chi connectivity index (χ3v) is 6.89. The molecular weight excluding hydrogens is 376 g/mol. The minimum Gasteiger partial charge on any atom is -0.376 e. The zero-order valence-electron chi connectivity index (χ0n) is 16.0. The maximum absolute atomic E-state index is 12.9. The highest BCUT2D eigenvalue weighted by atomic mass is 32.2. The molecule has 0 aromatic heterocycles. The standard InChI is InChI=1S/C21H26N2O4S/c24-19(23(15-9-12-28-14-15)13-16-5-4-11-27-16)8-3-10-22-20(25)17-6-1-2-7-18(17)21(22)26/h1-2,6-7,15-16H,3-5,8-14H2. The van der Waals surface area contributed by atoms with Crippen molar-refractivity contribution in [3.8, 4) is 0 Å². The zero-order chi connectivity index (χ0) is 19.5. The predicted molar refractivity (Wildman–Crippen MR) is 107 cm³/mol. The van der Waals surface area contributed by atoms with Crippen LogP contribution >= 0.6 is 11.8 Å². The molecule has 28 heavy (non-hydrogen) atoms. The van der Waals surface area contributed by atoms with E-state index in [2.05, 4.69) is 0 Å². The van der Waals surface area contributed by atoms with E-state index in [0.29, 0.717) is 30.5 Å². The van der Waals surface area contributed by atoms with Gasteiger partial charge in [0.25, 0.3) is 11.8 Å². The Morgan fingerprint density at radius 2 is 1.93 bits per heavy atom. The van der Waals surface area contributed by atoms with E-state index in [0.717, 1.165) is 37.4 Å². The molecule has 7 heteroatoms. The van der Waals surface area contributed by atoms with Gasteiger partial charge in [-0.25, -0.2) is 0 Å². The molecule has 6 nitrogen and oxygen atoms in total. The van der Waals surface area contributed by atoms with Crippen LogP contribution in [-0.2, 0) is 9.53 Å². The molecule has 0 N–H and O–H groups in total. The van der Waals surface area contributed by atoms with Gasteiger partial charge in [-0.1, -0.05) is 12.1 Å². The summed E-state index contributed by atoms with van der Waals surface area (Å²) in [6.45, 7) is 1.73. The third-order valence-electron chi connectivity index (χ3n) is 5.74. The SMILES string of the molecule is O=C1c2ccccc2C(=O)N1CCCC(=O)N(CC1CCCO1)C1CCSC1. The molecule has 3 amide bonds. The smallest absolute Gasteiger partial charge is 0.261 e. The number of rotatable bonds is 7. The van der Waals surface area contributed by atoms with Crippen molar-refractivity contribution in [1.29, 1.82) is 0 Å². The topological polar surface area (TPSA) is 66.9 Å². The Balaban J connectivity index is 1.33. The summed E-state index contributed by atoms with van der Waals surface area (Å²) in [6, 6.07) is 7.17. The summed E-state index contributed by atoms with van der Waals surface area (Å²) in [5, 5.41) is 0. The molecule has 2 atom stereocenters. The van der Waals surface area contributed by atoms with Crippen LogP contribution in [0.5, 0.6) is 0 Å². The van der Waals surface area contributed by atoms with E-state index >= 15 is 0 Å². The van der Waals surface area contributed by atoms with Gasteiger partial charge in [0.15, 0.2) is 0 Å². The number of thioether (sulfide) groups is 1. The van der Waals surface area contributed by atoms with Crippen LogP contribution in [0.3, 0.4) is 0 Å². The first-order chi connectivity index (χ1) is 13.6. The number of nitrogens with zero attached hydrogens (tertiary/aromatic N) is 2. The highest BCUT2D eigenvalue weighted by Gasteiger charge is 2.35. The minimum atomic E-state index is -0.253. The molecule has 3 aliphatic heterocycles. The summed E-state index contributed by atoms with van der Waals surface area (Å²) in [5.74, 6) is 1.68. The molecule has 2 saturated heterocycles. The average molecular weight is 403 g/mol. The maximum Gasteiger partial charge on any atom is 0.261 e. The molecule has 150 valence electrons. The maximum atomic E-state index is 12.9. The van der Waals surface area contributed by atoms with Gasteiger partial charge in [0.2, 0.25) is 5.91 Å². The summed E-state index contributed by atoms with van der Waals surface area (Å²) in [7, 11) is 0. The van der Waals surface area contributed by atoms with E-state index in [1.165, 1.54) is 4.90 Å². The second-order valence-electron chi connectivity index (χ2n) is 7.61. The molecule has 3 heterocycles. The van der Waals surface area contributed by atoms with E-state index in [-0.39, 0.29) is 36.4 Å². The summed E-state index contributed by atoms with van der Waals surface area (Å²) >= 11 is 1.89. The minimum absolute atomic E-state index is 0.111. The predicted octanol–water partition coefficient (Wildman–Crippen LogP) is 2.58. The largest absolute Gasteiger partial charge is 0.376 e. The molecule has 0 bridgehead atoms. The molecule has 1 aromatic carbocycles. The lowest BCUT2D eigenvalue weighted by Crippen LogP contribution is -2.45. The van der Waals surface area contributed by atoms with Crippen molar-refractivity contribution >= 4 is 29.5 Å². The lowest BCUT2D eigenvalue weighted by atomic mass is 10.1. The Morgan fingerprint density at radius 1 is 1.18 bits per heavy atom. The van der Waals surface area contributed by atoms with Gasteiger partial charge >= 0.3 is 0 Å². The van der Waals surface area contributed by atoms with Crippen LogP contribution in [0.2, 0.25) is 0 Å². The Labute approximate surface area is 169 Å². The van der Waals surface area contributed by atoms with E-state index in [4.69, 9.17) is 4.74 Å². The summed E-state index contributed by atoms with van der Waals surface area (Å²) in [5.41, 5.74) is 0.920. The van der Waals surface area contributed by atoms with Crippen molar-refractivity contribution < 1.29 is 19.1 Å². The summed E-state index contributed by atoms with van der Waals surface area (Å²) < 4.78 is 5.74. The van der Waals surface area contributed by atoms with Crippen LogP contribution in [0.25, 0.3) is 0 Å². The second-order valence-corrected chi connectivity index (χ2v) is 8.76. The van der Waals surface area contributed by atoms with Crippen LogP contribution in [0.4, 0.5) is 0 Å². The van der Waals surface area contributed by atoms with E-state index in [1.54, 1.807) is 24.3 Å². The Kier molecular flexibility index (Phi) is 6.01. The van der Waals surface area contributed by atoms with E-state index < -0.39 is 0 Å². The molecule has 0 saturated carbocycles. The van der Waals surface area contributed by atoms with Crippen LogP contribution in [0.15, 0.2) is 24.3 Å². The van der Waals surface area contributed by atoms with Crippen LogP contribution in [-0.4, -0.2) is 70.9 Å². The Bertz CT molecular complexity index is 722. The van der Waals surface area contributed by atoms with Gasteiger partial charge in [0.1, 0.15) is 0 Å². The molecule has 3 aliphatic rings. The number of hydrogen-bond donors (Lipinski definition) is 0. The van der Waals surface area contributed by atoms with Gasteiger partial charge in [0, 0.05) is 37.9 Å². The van der Waals surface area contributed by atoms with Crippen molar-refractivity contribution in [1.82, 2.24) is 9.80 Å². The van der Waals surface area contributed by atoms with Gasteiger partial charge in [-0.05, 0) is 43.6 Å². The quantitative estimate of drug-likeness (QED) is 0.656. The first-order valence-corrected chi connectivity index (χ1v) is 11.2. The van der Waals surface area contributed by atoms with Crippen LogP contribution < -0.4 is 0 Å². The number of amides is 3. The number of carbonyl (C=O) groups is 3. The van der Waals surface area contributed by atoms with E-state index in [9.17, 15) is 14.4 Å². The summed E-state index contributed by atoms with van der Waals surface area (Å²) in [4.78, 5) is 41.1. The third kappa shape index (κ3) is 3.96. The van der Waals surface area contributed by atoms with E-state index in [1.807, 2.05) is 16.7 Å². The molecule has 0 radical (unpaired) electrons. The number of hydrogen-bond acceptors (Lipinski definition) is 5. The van der Waals surface area contributed by atoms with Crippen LogP contribution in [0, 0.1) is 0 Å². The lowest BCUT2D eigenvalue weighted by molar-refractivity contribution is -0.135. The van der Waals surface area contributed by atoms with Crippen molar-refractivity contribution in [2.45, 2.75) is 44.2 Å². The van der Waals surface area contributed by atoms with Crippen molar-refractivity contribution in [2.24, 2.45) is 0 Å². The second kappa shape index (κ2) is 8.66. The Morgan fingerprint density at radius 3 is 2.54 bits per heavy atom. The number of ether oxygens (including phenoxy) is 1. The van der Waals surface area contributed by atoms with Gasteiger partial charge in [0.05, 0.1) is 17.2 Å². The fraction of sp³-hybridized carbons (Fsp3) is 0.571. The summed E-state index contributed by atoms with van der Waals surface area (Å²) in [6.07, 6.45) is 4.09. The molecule has 4 rings (SSSR count). The fourth-order valence-electron chi connectivity index (χ4n) is 4.20. The molecule has 2 unspecified atom stereocenters. The molecular formula is C21H26N2O4S. The lowest BCUT2D eigenvalue weighted by Gasteiger charge is -2.31. The van der Waals surface area contributed by atoms with Crippen molar-refractivity contribution in [3.63, 3.8) is 0 Å². The van der Waals surface area contributed by atoms with Gasteiger partial charge < -0.3 is 9.64 Å². The number of fused-ring (bicyclic) bond motifs is 1. The highest BCUT2D eigenvalue weighted by molar-refractivity contribution is 7.99. The highest BCUT2D eigenvalue weighted by Crippen LogP contribution is 2.26.